The fraction of sp³-hybridized carbons (Fsp3) is 0.263. The summed E-state index contributed by atoms with van der Waals surface area (Å²) in [4.78, 5) is 31.0. The molecule has 1 heterocycles. The predicted octanol–water partition coefficient (Wildman–Crippen LogP) is 2.46. The summed E-state index contributed by atoms with van der Waals surface area (Å²) in [5.74, 6) is -0.455. The third-order valence-electron chi connectivity index (χ3n) is 4.47. The minimum Gasteiger partial charge on any atom is -0.494 e. The Kier molecular flexibility index (Phi) is 5.27. The van der Waals surface area contributed by atoms with Gasteiger partial charge in [0, 0.05) is 12.2 Å². The topological polar surface area (TPSA) is 90.2 Å². The maximum absolute atomic E-state index is 13.8. The van der Waals surface area contributed by atoms with E-state index < -0.39 is 11.9 Å². The lowest BCUT2D eigenvalue weighted by Gasteiger charge is -2.24. The van der Waals surface area contributed by atoms with Crippen LogP contribution in [0, 0.1) is 5.82 Å². The summed E-state index contributed by atoms with van der Waals surface area (Å²) in [7, 11) is 3.20. The minimum absolute atomic E-state index is 0.186. The van der Waals surface area contributed by atoms with Crippen LogP contribution in [-0.4, -0.2) is 41.0 Å². The third-order valence-corrected chi connectivity index (χ3v) is 4.47. The lowest BCUT2D eigenvalue weighted by molar-refractivity contribution is -0.120. The zero-order chi connectivity index (χ0) is 19.6. The molecule has 8 heteroatoms. The number of halogens is 1. The Morgan fingerprint density at radius 2 is 1.96 bits per heavy atom. The van der Waals surface area contributed by atoms with Gasteiger partial charge in [-0.1, -0.05) is 6.07 Å². The van der Waals surface area contributed by atoms with Gasteiger partial charge in [0.1, 0.15) is 0 Å². The number of imidazole rings is 1. The van der Waals surface area contributed by atoms with Crippen molar-refractivity contribution >= 4 is 22.6 Å². The Labute approximate surface area is 155 Å². The van der Waals surface area contributed by atoms with Crippen LogP contribution in [0.5, 0.6) is 5.75 Å². The second-order valence-corrected chi connectivity index (χ2v) is 6.39. The average molecular weight is 372 g/mol. The molecule has 0 spiro atoms. The quantitative estimate of drug-likeness (QED) is 0.620. The molecule has 27 heavy (non-hydrogen) atoms. The van der Waals surface area contributed by atoms with Gasteiger partial charge < -0.3 is 20.0 Å². The fourth-order valence-corrected chi connectivity index (χ4v) is 2.79. The molecule has 1 amide bonds. The number of ether oxygens (including phenoxy) is 1. The molecule has 142 valence electrons. The number of likely N-dealkylation sites (N-methyl/N-ethyl adjacent to an activating group) is 1. The number of hydrogen-bond acceptors (Lipinski definition) is 4. The lowest BCUT2D eigenvalue weighted by atomic mass is 10.1. The van der Waals surface area contributed by atoms with Crippen molar-refractivity contribution in [3.8, 4) is 5.75 Å². The molecular formula is C19H21FN4O3. The Morgan fingerprint density at radius 3 is 2.67 bits per heavy atom. The van der Waals surface area contributed by atoms with Crippen LogP contribution in [0.15, 0.2) is 41.2 Å². The van der Waals surface area contributed by atoms with Crippen molar-refractivity contribution in [2.75, 3.05) is 19.5 Å². The molecule has 3 rings (SSSR count). The second kappa shape index (κ2) is 7.63. The molecule has 0 fully saturated rings. The Bertz CT molecular complexity index is 1030. The summed E-state index contributed by atoms with van der Waals surface area (Å²) >= 11 is 0. The first-order chi connectivity index (χ1) is 12.9. The van der Waals surface area contributed by atoms with Crippen molar-refractivity contribution in [1.82, 2.24) is 14.9 Å². The highest BCUT2D eigenvalue weighted by Crippen LogP contribution is 2.19. The number of methoxy groups -OCH3 is 1. The first-order valence-corrected chi connectivity index (χ1v) is 8.43. The zero-order valence-electron chi connectivity index (χ0n) is 15.3. The van der Waals surface area contributed by atoms with E-state index >= 15 is 0 Å². The molecule has 0 bridgehead atoms. The SMILES string of the molecule is COc1ccc(CN(C)C(C)C(=O)Nc2ccc3[nH]c(=O)[nH]c3c2)cc1F. The molecule has 0 aliphatic rings. The number of anilines is 1. The number of fused-ring (bicyclic) bond motifs is 1. The Balaban J connectivity index is 1.66. The molecule has 1 atom stereocenters. The van der Waals surface area contributed by atoms with E-state index in [0.29, 0.717) is 23.3 Å². The van der Waals surface area contributed by atoms with Gasteiger partial charge in [0.05, 0.1) is 24.2 Å². The van der Waals surface area contributed by atoms with Crippen molar-refractivity contribution in [2.24, 2.45) is 0 Å². The molecule has 1 aromatic heterocycles. The molecule has 3 N–H and O–H groups in total. The van der Waals surface area contributed by atoms with Crippen molar-refractivity contribution in [3.05, 3.63) is 58.3 Å². The van der Waals surface area contributed by atoms with Crippen molar-refractivity contribution < 1.29 is 13.9 Å². The van der Waals surface area contributed by atoms with Crippen LogP contribution < -0.4 is 15.7 Å². The molecule has 0 aliphatic heterocycles. The van der Waals surface area contributed by atoms with Crippen LogP contribution in [0.2, 0.25) is 0 Å². The van der Waals surface area contributed by atoms with Gasteiger partial charge in [0.25, 0.3) is 0 Å². The van der Waals surface area contributed by atoms with Gasteiger partial charge in [0.2, 0.25) is 5.91 Å². The molecule has 2 aromatic carbocycles. The third kappa shape index (κ3) is 4.17. The normalized spacial score (nSPS) is 12.3. The molecule has 7 nitrogen and oxygen atoms in total. The lowest BCUT2D eigenvalue weighted by Crippen LogP contribution is -2.39. The number of aromatic amines is 2. The fourth-order valence-electron chi connectivity index (χ4n) is 2.79. The number of H-pyrrole nitrogens is 2. The average Bonchev–Trinajstić information content (AvgIpc) is 3.00. The molecule has 0 saturated carbocycles. The van der Waals surface area contributed by atoms with Crippen molar-refractivity contribution in [3.63, 3.8) is 0 Å². The van der Waals surface area contributed by atoms with E-state index in [2.05, 4.69) is 15.3 Å². The summed E-state index contributed by atoms with van der Waals surface area (Å²) in [5, 5.41) is 2.83. The van der Waals surface area contributed by atoms with Crippen LogP contribution in [0.4, 0.5) is 10.1 Å². The van der Waals surface area contributed by atoms with E-state index in [1.807, 2.05) is 4.90 Å². The standard InChI is InChI=1S/C19H21FN4O3/c1-11(24(2)10-12-4-7-17(27-3)14(20)8-12)18(25)21-13-5-6-15-16(9-13)23-19(26)22-15/h4-9,11H,10H2,1-3H3,(H,21,25)(H2,22,23,26). The number of rotatable bonds is 6. The summed E-state index contributed by atoms with van der Waals surface area (Å²) in [5.41, 5.74) is 2.31. The minimum atomic E-state index is -0.448. The summed E-state index contributed by atoms with van der Waals surface area (Å²) in [6.07, 6.45) is 0. The van der Waals surface area contributed by atoms with E-state index in [1.165, 1.54) is 13.2 Å². The number of amides is 1. The maximum atomic E-state index is 13.8. The van der Waals surface area contributed by atoms with Crippen molar-refractivity contribution in [1.29, 1.82) is 0 Å². The first-order valence-electron chi connectivity index (χ1n) is 8.43. The highest BCUT2D eigenvalue weighted by molar-refractivity contribution is 5.96. The van der Waals surface area contributed by atoms with Gasteiger partial charge >= 0.3 is 5.69 Å². The van der Waals surface area contributed by atoms with Gasteiger partial charge in [-0.3, -0.25) is 9.69 Å². The molecule has 0 aliphatic carbocycles. The van der Waals surface area contributed by atoms with Crippen LogP contribution in [0.3, 0.4) is 0 Å². The van der Waals surface area contributed by atoms with Crippen LogP contribution in [0.1, 0.15) is 12.5 Å². The number of nitrogens with zero attached hydrogens (tertiary/aromatic N) is 1. The molecular weight excluding hydrogens is 351 g/mol. The van der Waals surface area contributed by atoms with Crippen LogP contribution >= 0.6 is 0 Å². The first kappa shape index (κ1) is 18.7. The van der Waals surface area contributed by atoms with Crippen molar-refractivity contribution in [2.45, 2.75) is 19.5 Å². The number of nitrogens with one attached hydrogen (secondary N) is 3. The molecule has 3 aromatic rings. The number of carbonyl (C=O) groups is 1. The monoisotopic (exact) mass is 372 g/mol. The van der Waals surface area contributed by atoms with Gasteiger partial charge in [-0.25, -0.2) is 9.18 Å². The molecule has 0 saturated heterocycles. The second-order valence-electron chi connectivity index (χ2n) is 6.39. The molecule has 0 radical (unpaired) electrons. The smallest absolute Gasteiger partial charge is 0.323 e. The van der Waals surface area contributed by atoms with E-state index in [-0.39, 0.29) is 17.3 Å². The van der Waals surface area contributed by atoms with Gasteiger partial charge in [0.15, 0.2) is 11.6 Å². The molecule has 1 unspecified atom stereocenters. The number of carbonyl (C=O) groups excluding carboxylic acids is 1. The van der Waals surface area contributed by atoms with E-state index in [1.54, 1.807) is 44.3 Å². The van der Waals surface area contributed by atoms with Gasteiger partial charge in [-0.15, -0.1) is 0 Å². The van der Waals surface area contributed by atoms with Crippen LogP contribution in [0.25, 0.3) is 11.0 Å². The maximum Gasteiger partial charge on any atom is 0.323 e. The van der Waals surface area contributed by atoms with Gasteiger partial charge in [-0.05, 0) is 49.9 Å². The highest BCUT2D eigenvalue weighted by Gasteiger charge is 2.19. The largest absolute Gasteiger partial charge is 0.494 e. The zero-order valence-corrected chi connectivity index (χ0v) is 15.3. The number of hydrogen-bond donors (Lipinski definition) is 3. The summed E-state index contributed by atoms with van der Waals surface area (Å²) in [6, 6.07) is 9.41. The van der Waals surface area contributed by atoms with E-state index in [0.717, 1.165) is 5.56 Å². The van der Waals surface area contributed by atoms with Crippen LogP contribution in [-0.2, 0) is 11.3 Å². The van der Waals surface area contributed by atoms with Gasteiger partial charge in [-0.2, -0.15) is 0 Å². The summed E-state index contributed by atoms with van der Waals surface area (Å²) in [6.45, 7) is 2.17. The Hall–Kier alpha value is -3.13. The number of aromatic nitrogens is 2. The predicted molar refractivity (Wildman–Crippen MR) is 101 cm³/mol. The Morgan fingerprint density at radius 1 is 1.22 bits per heavy atom. The van der Waals surface area contributed by atoms with E-state index in [4.69, 9.17) is 4.74 Å². The van der Waals surface area contributed by atoms with E-state index in [9.17, 15) is 14.0 Å². The summed E-state index contributed by atoms with van der Waals surface area (Å²) < 4.78 is 18.7. The number of benzene rings is 2. The highest BCUT2D eigenvalue weighted by atomic mass is 19.1.